The van der Waals surface area contributed by atoms with Crippen molar-refractivity contribution in [1.82, 2.24) is 0 Å². The topological polar surface area (TPSA) is 9.23 Å². The van der Waals surface area contributed by atoms with Crippen LogP contribution in [-0.2, 0) is 4.43 Å². The lowest BCUT2D eigenvalue weighted by atomic mass is 10.00. The molecule has 0 aromatic heterocycles. The molecule has 0 aliphatic heterocycles. The van der Waals surface area contributed by atoms with Gasteiger partial charge in [0.15, 0.2) is 0 Å². The molecule has 0 saturated carbocycles. The molecular weight excluding hydrogens is 116 g/mol. The third-order valence-corrected chi connectivity index (χ3v) is 1.74. The molecule has 0 saturated heterocycles. The van der Waals surface area contributed by atoms with Crippen LogP contribution < -0.4 is 0 Å². The van der Waals surface area contributed by atoms with Crippen LogP contribution >= 0.6 is 0 Å². The molecular formula is C6H15OSi. The highest BCUT2D eigenvalue weighted by molar-refractivity contribution is 5.97. The molecule has 1 unspecified atom stereocenters. The van der Waals surface area contributed by atoms with Crippen LogP contribution in [0.3, 0.4) is 0 Å². The van der Waals surface area contributed by atoms with Crippen molar-refractivity contribution in [1.29, 1.82) is 0 Å². The molecule has 0 aliphatic carbocycles. The lowest BCUT2D eigenvalue weighted by Gasteiger charge is -2.12. The molecule has 49 valence electrons. The van der Waals surface area contributed by atoms with Crippen LogP contribution in [0.2, 0.25) is 0 Å². The molecule has 0 spiro atoms. The molecule has 2 heteroatoms. The highest BCUT2D eigenvalue weighted by atomic mass is 28.2. The number of hydrogen-bond acceptors (Lipinski definition) is 1. The van der Waals surface area contributed by atoms with Crippen molar-refractivity contribution < 1.29 is 4.43 Å². The minimum atomic E-state index is 0.646. The summed E-state index contributed by atoms with van der Waals surface area (Å²) >= 11 is 0. The van der Waals surface area contributed by atoms with Crippen molar-refractivity contribution in [3.63, 3.8) is 0 Å². The molecule has 0 rings (SSSR count). The van der Waals surface area contributed by atoms with Crippen molar-refractivity contribution in [2.24, 2.45) is 5.92 Å². The molecule has 0 aliphatic rings. The molecule has 0 amide bonds. The Morgan fingerprint density at radius 1 is 1.62 bits per heavy atom. The molecule has 1 atom stereocenters. The van der Waals surface area contributed by atoms with Crippen LogP contribution in [0.1, 0.15) is 20.8 Å². The minimum absolute atomic E-state index is 0.646. The molecule has 0 bridgehead atoms. The smallest absolute Gasteiger partial charge is 0.145 e. The first-order valence-corrected chi connectivity index (χ1v) is 3.79. The van der Waals surface area contributed by atoms with E-state index in [1.165, 1.54) is 5.92 Å². The average molecular weight is 131 g/mol. The summed E-state index contributed by atoms with van der Waals surface area (Å²) in [5, 5.41) is 0. The van der Waals surface area contributed by atoms with Gasteiger partial charge >= 0.3 is 0 Å². The van der Waals surface area contributed by atoms with Crippen LogP contribution in [0.25, 0.3) is 0 Å². The largest absolute Gasteiger partial charge is 0.428 e. The van der Waals surface area contributed by atoms with Crippen LogP contribution in [0.15, 0.2) is 0 Å². The second-order valence-electron chi connectivity index (χ2n) is 2.43. The van der Waals surface area contributed by atoms with Crippen LogP contribution in [0.4, 0.5) is 0 Å². The second kappa shape index (κ2) is 4.10. The molecule has 8 heavy (non-hydrogen) atoms. The summed E-state index contributed by atoms with van der Waals surface area (Å²) in [7, 11) is 0.869. The summed E-state index contributed by atoms with van der Waals surface area (Å²) in [6.45, 7) is 7.39. The van der Waals surface area contributed by atoms with Gasteiger partial charge in [-0.3, -0.25) is 0 Å². The summed E-state index contributed by atoms with van der Waals surface area (Å²) in [5.41, 5.74) is 0. The van der Waals surface area contributed by atoms with Crippen molar-refractivity contribution in [3.8, 4) is 0 Å². The monoisotopic (exact) mass is 131 g/mol. The van der Waals surface area contributed by atoms with Gasteiger partial charge < -0.3 is 4.43 Å². The summed E-state index contributed by atoms with van der Waals surface area (Å²) in [4.78, 5) is 0. The van der Waals surface area contributed by atoms with Crippen molar-refractivity contribution >= 4 is 10.5 Å². The minimum Gasteiger partial charge on any atom is -0.428 e. The normalized spacial score (nSPS) is 15.0. The fourth-order valence-corrected chi connectivity index (χ4v) is 0.917. The van der Waals surface area contributed by atoms with Gasteiger partial charge in [-0.25, -0.2) is 0 Å². The predicted molar refractivity (Wildman–Crippen MR) is 39.6 cm³/mol. The van der Waals surface area contributed by atoms with Gasteiger partial charge in [-0.1, -0.05) is 20.8 Å². The van der Waals surface area contributed by atoms with E-state index in [2.05, 4.69) is 20.8 Å². The zero-order valence-corrected chi connectivity index (χ0v) is 8.19. The Bertz CT molecular complexity index is 54.5. The third kappa shape index (κ3) is 3.21. The Kier molecular flexibility index (Phi) is 4.19. The van der Waals surface area contributed by atoms with Crippen molar-refractivity contribution in [3.05, 3.63) is 5.92 Å². The Balaban J connectivity index is 3.17. The number of rotatable bonds is 3. The van der Waals surface area contributed by atoms with E-state index in [0.717, 1.165) is 17.1 Å². The zero-order chi connectivity index (χ0) is 6.57. The van der Waals surface area contributed by atoms with E-state index in [-0.39, 0.29) is 0 Å². The van der Waals surface area contributed by atoms with Gasteiger partial charge in [0, 0.05) is 6.61 Å². The highest BCUT2D eigenvalue weighted by Gasteiger charge is 2.04. The Labute approximate surface area is 55.0 Å². The molecule has 0 aromatic rings. The van der Waals surface area contributed by atoms with Gasteiger partial charge in [-0.15, -0.1) is 0 Å². The summed E-state index contributed by atoms with van der Waals surface area (Å²) < 4.78 is 5.08. The van der Waals surface area contributed by atoms with Gasteiger partial charge in [-0.05, 0) is 11.8 Å². The first kappa shape index (κ1) is 8.18. The van der Waals surface area contributed by atoms with Crippen LogP contribution in [-0.4, -0.2) is 17.1 Å². The molecule has 1 nitrogen and oxygen atoms in total. The van der Waals surface area contributed by atoms with E-state index < -0.39 is 0 Å². The maximum atomic E-state index is 5.08. The van der Waals surface area contributed by atoms with E-state index in [0.29, 0.717) is 5.92 Å². The van der Waals surface area contributed by atoms with E-state index in [1.807, 2.05) is 0 Å². The lowest BCUT2D eigenvalue weighted by Crippen LogP contribution is -2.08. The Morgan fingerprint density at radius 2 is 2.12 bits per heavy atom. The van der Waals surface area contributed by atoms with E-state index in [4.69, 9.17) is 4.43 Å². The molecule has 1 radical (unpaired) electrons. The predicted octanol–water partition coefficient (Wildman–Crippen LogP) is 0.534. The fraction of sp³-hybridized carbons (Fsp3) is 0.833. The van der Waals surface area contributed by atoms with Gasteiger partial charge in [0.1, 0.15) is 10.5 Å². The van der Waals surface area contributed by atoms with Gasteiger partial charge in [-0.2, -0.15) is 0 Å². The first-order valence-electron chi connectivity index (χ1n) is 2.97. The van der Waals surface area contributed by atoms with Gasteiger partial charge in [0.25, 0.3) is 0 Å². The van der Waals surface area contributed by atoms with E-state index >= 15 is 0 Å². The third-order valence-electron chi connectivity index (χ3n) is 1.40. The summed E-state index contributed by atoms with van der Waals surface area (Å²) in [6, 6.07) is 0. The standard InChI is InChI=1S/C6H15OSi/c1-5(2)6(3)4-7-8/h6H,4H2,1-3,8H3. The average Bonchev–Trinajstić information content (AvgIpc) is 1.67. The lowest BCUT2D eigenvalue weighted by molar-refractivity contribution is 0.290. The van der Waals surface area contributed by atoms with Gasteiger partial charge in [0.05, 0.1) is 0 Å². The Morgan fingerprint density at radius 3 is 2.25 bits per heavy atom. The molecule has 0 heterocycles. The summed E-state index contributed by atoms with van der Waals surface area (Å²) in [5.74, 6) is 2.10. The van der Waals surface area contributed by atoms with E-state index in [1.54, 1.807) is 0 Å². The zero-order valence-electron chi connectivity index (χ0n) is 6.19. The van der Waals surface area contributed by atoms with E-state index in [9.17, 15) is 0 Å². The summed E-state index contributed by atoms with van der Waals surface area (Å²) in [6.07, 6.45) is 0. The fourth-order valence-electron chi connectivity index (χ4n) is 0.417. The first-order chi connectivity index (χ1) is 3.68. The number of hydrogen-bond donors (Lipinski definition) is 0. The van der Waals surface area contributed by atoms with Crippen LogP contribution in [0.5, 0.6) is 0 Å². The second-order valence-corrected chi connectivity index (χ2v) is 3.01. The quantitative estimate of drug-likeness (QED) is 0.508. The maximum absolute atomic E-state index is 5.08. The maximum Gasteiger partial charge on any atom is 0.145 e. The van der Waals surface area contributed by atoms with Crippen molar-refractivity contribution in [2.45, 2.75) is 20.8 Å². The van der Waals surface area contributed by atoms with Crippen LogP contribution in [0, 0.1) is 11.8 Å². The SMILES string of the molecule is C[C](C)C(C)CO[SiH3]. The molecule has 0 fully saturated rings. The van der Waals surface area contributed by atoms with Gasteiger partial charge in [0.2, 0.25) is 0 Å². The Hall–Kier alpha value is 0.177. The highest BCUT2D eigenvalue weighted by Crippen LogP contribution is 2.10. The van der Waals surface area contributed by atoms with Crippen molar-refractivity contribution in [2.75, 3.05) is 6.61 Å². The molecule has 0 aromatic carbocycles. The molecule has 0 N–H and O–H groups in total.